The Balaban J connectivity index is 0.000000213. The fraction of sp³-hybridized carbons (Fsp3) is 0.520. The zero-order valence-electron chi connectivity index (χ0n) is 19.4. The SMILES string of the molecule is CC(C)c1ccn(C(C)C)c1.CC(C)n1cccc1.Cc1ccn(C(C)C)c1. The Bertz CT molecular complexity index is 733. The monoisotopic (exact) mass is 383 g/mol. The molecule has 0 atom stereocenters. The van der Waals surface area contributed by atoms with E-state index in [0.717, 1.165) is 0 Å². The van der Waals surface area contributed by atoms with E-state index in [1.807, 2.05) is 12.1 Å². The third-order valence-corrected chi connectivity index (χ3v) is 4.68. The smallest absolute Gasteiger partial charge is 0.0274 e. The predicted molar refractivity (Wildman–Crippen MR) is 123 cm³/mol. The first-order chi connectivity index (χ1) is 13.1. The summed E-state index contributed by atoms with van der Waals surface area (Å²) in [4.78, 5) is 0. The van der Waals surface area contributed by atoms with Gasteiger partial charge >= 0.3 is 0 Å². The summed E-state index contributed by atoms with van der Waals surface area (Å²) in [6.07, 6.45) is 12.8. The third-order valence-electron chi connectivity index (χ3n) is 4.68. The van der Waals surface area contributed by atoms with Crippen molar-refractivity contribution in [1.29, 1.82) is 0 Å². The molecular weight excluding hydrogens is 342 g/mol. The lowest BCUT2D eigenvalue weighted by Gasteiger charge is -2.06. The fourth-order valence-electron chi connectivity index (χ4n) is 2.63. The molecule has 28 heavy (non-hydrogen) atoms. The van der Waals surface area contributed by atoms with Gasteiger partial charge in [0.05, 0.1) is 0 Å². The molecule has 0 saturated carbocycles. The highest BCUT2D eigenvalue weighted by atomic mass is 15.0. The molecule has 0 aliphatic heterocycles. The number of nitrogens with zero attached hydrogens (tertiary/aromatic N) is 3. The van der Waals surface area contributed by atoms with Gasteiger partial charge in [0.15, 0.2) is 0 Å². The quantitative estimate of drug-likeness (QED) is 0.440. The Labute approximate surface area is 173 Å². The molecule has 0 unspecified atom stereocenters. The van der Waals surface area contributed by atoms with E-state index in [9.17, 15) is 0 Å². The van der Waals surface area contributed by atoms with Crippen molar-refractivity contribution in [2.45, 2.75) is 86.4 Å². The lowest BCUT2D eigenvalue weighted by Crippen LogP contribution is -1.96. The molecule has 156 valence electrons. The van der Waals surface area contributed by atoms with Crippen LogP contribution in [0.4, 0.5) is 0 Å². The van der Waals surface area contributed by atoms with Crippen molar-refractivity contribution in [2.75, 3.05) is 0 Å². The Hall–Kier alpha value is -2.16. The van der Waals surface area contributed by atoms with Crippen molar-refractivity contribution in [3.63, 3.8) is 0 Å². The van der Waals surface area contributed by atoms with Crippen LogP contribution in [0.3, 0.4) is 0 Å². The second kappa shape index (κ2) is 11.6. The maximum absolute atomic E-state index is 2.25. The van der Waals surface area contributed by atoms with Crippen LogP contribution in [-0.2, 0) is 0 Å². The molecule has 3 heteroatoms. The van der Waals surface area contributed by atoms with Crippen molar-refractivity contribution < 1.29 is 0 Å². The molecule has 3 rings (SSSR count). The summed E-state index contributed by atoms with van der Waals surface area (Å²) >= 11 is 0. The number of rotatable bonds is 4. The van der Waals surface area contributed by atoms with Gasteiger partial charge in [-0.2, -0.15) is 0 Å². The first kappa shape index (κ1) is 23.9. The highest BCUT2D eigenvalue weighted by molar-refractivity contribution is 5.14. The largest absolute Gasteiger partial charge is 0.352 e. The van der Waals surface area contributed by atoms with Gasteiger partial charge in [0.2, 0.25) is 0 Å². The van der Waals surface area contributed by atoms with Crippen LogP contribution >= 0.6 is 0 Å². The van der Waals surface area contributed by atoms with Crippen molar-refractivity contribution >= 4 is 0 Å². The predicted octanol–water partition coefficient (Wildman–Crippen LogP) is 7.64. The summed E-state index contributed by atoms with van der Waals surface area (Å²) in [5.74, 6) is 0.648. The third kappa shape index (κ3) is 8.24. The second-order valence-corrected chi connectivity index (χ2v) is 8.59. The first-order valence-electron chi connectivity index (χ1n) is 10.6. The Kier molecular flexibility index (Phi) is 9.92. The topological polar surface area (TPSA) is 14.8 Å². The summed E-state index contributed by atoms with van der Waals surface area (Å²) < 4.78 is 6.62. The molecule has 3 aromatic rings. The Morgan fingerprint density at radius 1 is 0.571 bits per heavy atom. The van der Waals surface area contributed by atoms with Crippen LogP contribution in [-0.4, -0.2) is 13.7 Å². The summed E-state index contributed by atoms with van der Waals surface area (Å²) in [6.45, 7) is 19.6. The van der Waals surface area contributed by atoms with Gasteiger partial charge < -0.3 is 13.7 Å². The van der Waals surface area contributed by atoms with Gasteiger partial charge in [0, 0.05) is 55.3 Å². The summed E-state index contributed by atoms with van der Waals surface area (Å²) in [6, 6.07) is 10.2. The average Bonchev–Trinajstić information content (AvgIpc) is 3.37. The van der Waals surface area contributed by atoms with E-state index >= 15 is 0 Å². The number of aryl methyl sites for hydroxylation is 1. The molecule has 0 saturated heterocycles. The molecule has 0 aromatic carbocycles. The molecule has 0 N–H and O–H groups in total. The van der Waals surface area contributed by atoms with Crippen molar-refractivity contribution in [3.8, 4) is 0 Å². The fourth-order valence-corrected chi connectivity index (χ4v) is 2.63. The molecular formula is C25H41N3. The van der Waals surface area contributed by atoms with Crippen LogP contribution in [0.1, 0.15) is 90.6 Å². The Morgan fingerprint density at radius 2 is 1.04 bits per heavy atom. The van der Waals surface area contributed by atoms with Gasteiger partial charge in [-0.05, 0) is 89.8 Å². The standard InChI is InChI=1S/C10H17N.C8H13N.C7H11N/c1-8(2)10-5-6-11(7-10)9(3)4;1-7(2)9-5-4-8(3)6-9;1-7(2)8-5-3-4-6-8/h5-9H,1-4H3;4-7H,1-3H3;3-7H,1-2H3. The van der Waals surface area contributed by atoms with Crippen LogP contribution in [0.2, 0.25) is 0 Å². The maximum atomic E-state index is 2.25. The number of aromatic nitrogens is 3. The molecule has 0 amide bonds. The van der Waals surface area contributed by atoms with Gasteiger partial charge in [0.1, 0.15) is 0 Å². The van der Waals surface area contributed by atoms with E-state index in [4.69, 9.17) is 0 Å². The van der Waals surface area contributed by atoms with Crippen molar-refractivity contribution in [3.05, 3.63) is 72.6 Å². The van der Waals surface area contributed by atoms with Crippen molar-refractivity contribution in [2.24, 2.45) is 0 Å². The zero-order chi connectivity index (χ0) is 21.3. The molecule has 3 aromatic heterocycles. The molecule has 0 fully saturated rings. The van der Waals surface area contributed by atoms with Gasteiger partial charge in [-0.3, -0.25) is 0 Å². The highest BCUT2D eigenvalue weighted by Gasteiger charge is 2.02. The van der Waals surface area contributed by atoms with Gasteiger partial charge in [-0.25, -0.2) is 0 Å². The molecule has 0 aliphatic rings. The van der Waals surface area contributed by atoms with E-state index in [-0.39, 0.29) is 0 Å². The normalized spacial score (nSPS) is 10.9. The molecule has 0 spiro atoms. The molecule has 3 heterocycles. The van der Waals surface area contributed by atoms with E-state index in [2.05, 4.69) is 125 Å². The van der Waals surface area contributed by atoms with E-state index in [0.29, 0.717) is 24.0 Å². The Morgan fingerprint density at radius 3 is 1.29 bits per heavy atom. The van der Waals surface area contributed by atoms with E-state index < -0.39 is 0 Å². The zero-order valence-corrected chi connectivity index (χ0v) is 19.4. The molecule has 0 radical (unpaired) electrons. The van der Waals surface area contributed by atoms with Crippen LogP contribution in [0, 0.1) is 6.92 Å². The van der Waals surface area contributed by atoms with Crippen LogP contribution < -0.4 is 0 Å². The minimum absolute atomic E-state index is 0.586. The van der Waals surface area contributed by atoms with Gasteiger partial charge in [-0.15, -0.1) is 0 Å². The van der Waals surface area contributed by atoms with Crippen LogP contribution in [0.25, 0.3) is 0 Å². The van der Waals surface area contributed by atoms with E-state index in [1.54, 1.807) is 0 Å². The average molecular weight is 384 g/mol. The summed E-state index contributed by atoms with van der Waals surface area (Å²) in [5.41, 5.74) is 2.77. The van der Waals surface area contributed by atoms with Crippen LogP contribution in [0.15, 0.2) is 61.4 Å². The molecule has 3 nitrogen and oxygen atoms in total. The minimum atomic E-state index is 0.586. The van der Waals surface area contributed by atoms with Crippen LogP contribution in [0.5, 0.6) is 0 Å². The van der Waals surface area contributed by atoms with Gasteiger partial charge in [0.25, 0.3) is 0 Å². The number of hydrogen-bond acceptors (Lipinski definition) is 0. The highest BCUT2D eigenvalue weighted by Crippen LogP contribution is 2.16. The lowest BCUT2D eigenvalue weighted by atomic mass is 10.1. The maximum Gasteiger partial charge on any atom is 0.0274 e. The van der Waals surface area contributed by atoms with Gasteiger partial charge in [-0.1, -0.05) is 13.8 Å². The first-order valence-corrected chi connectivity index (χ1v) is 10.6. The number of hydrogen-bond donors (Lipinski definition) is 0. The molecule has 0 aliphatic carbocycles. The lowest BCUT2D eigenvalue weighted by molar-refractivity contribution is 0.601. The van der Waals surface area contributed by atoms with E-state index in [1.165, 1.54) is 11.1 Å². The summed E-state index contributed by atoms with van der Waals surface area (Å²) in [5, 5.41) is 0. The summed E-state index contributed by atoms with van der Waals surface area (Å²) in [7, 11) is 0. The second-order valence-electron chi connectivity index (χ2n) is 8.59. The molecule has 0 bridgehead atoms. The minimum Gasteiger partial charge on any atom is -0.352 e. The van der Waals surface area contributed by atoms with Crippen molar-refractivity contribution in [1.82, 2.24) is 13.7 Å².